The first-order valence-corrected chi connectivity index (χ1v) is 6.12. The van der Waals surface area contributed by atoms with Crippen LogP contribution in [0.3, 0.4) is 0 Å². The molecule has 0 saturated carbocycles. The van der Waals surface area contributed by atoms with Gasteiger partial charge >= 0.3 is 0 Å². The van der Waals surface area contributed by atoms with E-state index in [1.807, 2.05) is 0 Å². The third-order valence-electron chi connectivity index (χ3n) is 3.30. The van der Waals surface area contributed by atoms with Gasteiger partial charge in [-0.05, 0) is 18.2 Å². The number of hydrogen-bond acceptors (Lipinski definition) is 4. The van der Waals surface area contributed by atoms with Gasteiger partial charge in [-0.2, -0.15) is 0 Å². The van der Waals surface area contributed by atoms with E-state index in [1.54, 1.807) is 6.07 Å². The van der Waals surface area contributed by atoms with Crippen LogP contribution in [0.4, 0.5) is 4.39 Å². The van der Waals surface area contributed by atoms with Crippen LogP contribution in [0.5, 0.6) is 5.75 Å². The molecule has 2 amide bonds. The third-order valence-corrected chi connectivity index (χ3v) is 3.30. The van der Waals surface area contributed by atoms with Crippen molar-refractivity contribution < 1.29 is 18.7 Å². The highest BCUT2D eigenvalue weighted by Crippen LogP contribution is 2.29. The second-order valence-electron chi connectivity index (χ2n) is 4.70. The minimum Gasteiger partial charge on any atom is -0.488 e. The lowest BCUT2D eigenvalue weighted by atomic mass is 10.1. The molecule has 1 atom stereocenters. The van der Waals surface area contributed by atoms with Crippen molar-refractivity contribution in [2.24, 2.45) is 0 Å². The molecule has 6 heteroatoms. The highest BCUT2D eigenvalue weighted by molar-refractivity contribution is 5.99. The van der Waals surface area contributed by atoms with Gasteiger partial charge in [-0.1, -0.05) is 0 Å². The Balaban J connectivity index is 1.70. The third kappa shape index (κ3) is 2.31. The summed E-state index contributed by atoms with van der Waals surface area (Å²) in [6, 6.07) is 4.34. The number of benzene rings is 1. The fraction of sp³-hybridized carbons (Fsp3) is 0.385. The molecule has 0 aromatic heterocycles. The summed E-state index contributed by atoms with van der Waals surface area (Å²) < 4.78 is 18.7. The van der Waals surface area contributed by atoms with E-state index < -0.39 is 0 Å². The Morgan fingerprint density at radius 1 is 1.32 bits per heavy atom. The van der Waals surface area contributed by atoms with Crippen LogP contribution >= 0.6 is 0 Å². The molecule has 1 aromatic carbocycles. The summed E-state index contributed by atoms with van der Waals surface area (Å²) in [7, 11) is 0. The Morgan fingerprint density at radius 3 is 2.79 bits per heavy atom. The standard InChI is InChI=1S/C13H13FN2O3/c14-9-1-2-11-8(3-9)4-10(19-11)7-16-12(17)5-15-6-13(16)18/h1-3,10,15H,4-7H2. The van der Waals surface area contributed by atoms with Crippen molar-refractivity contribution in [2.75, 3.05) is 19.6 Å². The quantitative estimate of drug-likeness (QED) is 0.769. The first kappa shape index (κ1) is 12.1. The summed E-state index contributed by atoms with van der Waals surface area (Å²) in [5.74, 6) is -0.178. The first-order chi connectivity index (χ1) is 9.13. The molecule has 100 valence electrons. The zero-order chi connectivity index (χ0) is 13.4. The van der Waals surface area contributed by atoms with Crippen LogP contribution < -0.4 is 10.1 Å². The zero-order valence-electron chi connectivity index (χ0n) is 10.2. The molecule has 2 aliphatic rings. The largest absolute Gasteiger partial charge is 0.488 e. The molecule has 0 bridgehead atoms. The Labute approximate surface area is 109 Å². The number of rotatable bonds is 2. The van der Waals surface area contributed by atoms with E-state index in [1.165, 1.54) is 17.0 Å². The summed E-state index contributed by atoms with van der Waals surface area (Å²) in [5, 5.41) is 2.73. The molecule has 3 rings (SSSR count). The molecular formula is C13H13FN2O3. The lowest BCUT2D eigenvalue weighted by Crippen LogP contribution is -2.54. The summed E-state index contributed by atoms with van der Waals surface area (Å²) in [4.78, 5) is 24.5. The van der Waals surface area contributed by atoms with Gasteiger partial charge in [-0.15, -0.1) is 0 Å². The maximum absolute atomic E-state index is 13.1. The molecule has 2 heterocycles. The number of fused-ring (bicyclic) bond motifs is 1. The zero-order valence-corrected chi connectivity index (χ0v) is 10.2. The highest BCUT2D eigenvalue weighted by Gasteiger charge is 2.31. The number of nitrogens with zero attached hydrogens (tertiary/aromatic N) is 1. The number of halogens is 1. The second-order valence-corrected chi connectivity index (χ2v) is 4.70. The van der Waals surface area contributed by atoms with Crippen LogP contribution in [0.25, 0.3) is 0 Å². The first-order valence-electron chi connectivity index (χ1n) is 6.12. The molecule has 0 radical (unpaired) electrons. The van der Waals surface area contributed by atoms with Crippen LogP contribution in [-0.4, -0.2) is 42.5 Å². The normalized spacial score (nSPS) is 22.4. The van der Waals surface area contributed by atoms with Crippen molar-refractivity contribution in [3.05, 3.63) is 29.6 Å². The van der Waals surface area contributed by atoms with Gasteiger partial charge in [0.15, 0.2) is 0 Å². The second kappa shape index (κ2) is 4.62. The van der Waals surface area contributed by atoms with Gasteiger partial charge in [0.2, 0.25) is 11.8 Å². The van der Waals surface area contributed by atoms with Crippen molar-refractivity contribution in [1.82, 2.24) is 10.2 Å². The predicted molar refractivity (Wildman–Crippen MR) is 64.1 cm³/mol. The van der Waals surface area contributed by atoms with E-state index in [0.717, 1.165) is 5.56 Å². The van der Waals surface area contributed by atoms with Crippen LogP contribution in [0.1, 0.15) is 5.56 Å². The molecule has 0 aliphatic carbocycles. The Hall–Kier alpha value is -1.95. The molecule has 1 unspecified atom stereocenters. The van der Waals surface area contributed by atoms with E-state index >= 15 is 0 Å². The van der Waals surface area contributed by atoms with Crippen molar-refractivity contribution in [3.8, 4) is 5.75 Å². The van der Waals surface area contributed by atoms with E-state index in [0.29, 0.717) is 12.2 Å². The molecule has 5 nitrogen and oxygen atoms in total. The summed E-state index contributed by atoms with van der Waals surface area (Å²) in [6.07, 6.45) is 0.222. The molecular weight excluding hydrogens is 251 g/mol. The summed E-state index contributed by atoms with van der Waals surface area (Å²) in [6.45, 7) is 0.551. The van der Waals surface area contributed by atoms with E-state index in [-0.39, 0.29) is 43.4 Å². The van der Waals surface area contributed by atoms with E-state index in [9.17, 15) is 14.0 Å². The summed E-state index contributed by atoms with van der Waals surface area (Å²) >= 11 is 0. The van der Waals surface area contributed by atoms with Gasteiger partial charge < -0.3 is 4.74 Å². The van der Waals surface area contributed by atoms with Crippen molar-refractivity contribution in [3.63, 3.8) is 0 Å². The van der Waals surface area contributed by atoms with Crippen LogP contribution in [-0.2, 0) is 16.0 Å². The maximum Gasteiger partial charge on any atom is 0.243 e. The Kier molecular flexibility index (Phi) is 2.94. The Bertz CT molecular complexity index is 531. The van der Waals surface area contributed by atoms with Crippen molar-refractivity contribution in [2.45, 2.75) is 12.5 Å². The lowest BCUT2D eigenvalue weighted by molar-refractivity contribution is -0.147. The molecule has 1 N–H and O–H groups in total. The number of ether oxygens (including phenoxy) is 1. The fourth-order valence-corrected chi connectivity index (χ4v) is 2.40. The number of imide groups is 1. The predicted octanol–water partition coefficient (Wildman–Crippen LogP) is 0.0876. The number of hydrogen-bond donors (Lipinski definition) is 1. The molecule has 1 saturated heterocycles. The van der Waals surface area contributed by atoms with Crippen LogP contribution in [0.15, 0.2) is 18.2 Å². The average Bonchev–Trinajstić information content (AvgIpc) is 2.75. The van der Waals surface area contributed by atoms with Crippen molar-refractivity contribution >= 4 is 11.8 Å². The number of nitrogens with one attached hydrogen (secondary N) is 1. The monoisotopic (exact) mass is 264 g/mol. The molecule has 19 heavy (non-hydrogen) atoms. The fourth-order valence-electron chi connectivity index (χ4n) is 2.40. The van der Waals surface area contributed by atoms with Gasteiger partial charge in [0.25, 0.3) is 0 Å². The van der Waals surface area contributed by atoms with Crippen LogP contribution in [0, 0.1) is 5.82 Å². The van der Waals surface area contributed by atoms with E-state index in [4.69, 9.17) is 4.74 Å². The van der Waals surface area contributed by atoms with Gasteiger partial charge in [-0.25, -0.2) is 4.39 Å². The van der Waals surface area contributed by atoms with Gasteiger partial charge in [0, 0.05) is 12.0 Å². The van der Waals surface area contributed by atoms with Gasteiger partial charge in [-0.3, -0.25) is 19.8 Å². The number of amides is 2. The molecule has 2 aliphatic heterocycles. The molecule has 1 aromatic rings. The van der Waals surface area contributed by atoms with E-state index in [2.05, 4.69) is 5.32 Å². The van der Waals surface area contributed by atoms with Crippen molar-refractivity contribution in [1.29, 1.82) is 0 Å². The number of carbonyl (C=O) groups excluding carboxylic acids is 2. The maximum atomic E-state index is 13.1. The van der Waals surface area contributed by atoms with Gasteiger partial charge in [0.1, 0.15) is 17.7 Å². The smallest absolute Gasteiger partial charge is 0.243 e. The minimum absolute atomic E-state index is 0.167. The minimum atomic E-state index is -0.308. The highest BCUT2D eigenvalue weighted by atomic mass is 19.1. The SMILES string of the molecule is O=C1CNCC(=O)N1CC1Cc2cc(F)ccc2O1. The molecule has 1 fully saturated rings. The Morgan fingerprint density at radius 2 is 2.05 bits per heavy atom. The average molecular weight is 264 g/mol. The molecule has 0 spiro atoms. The summed E-state index contributed by atoms with van der Waals surface area (Å²) in [5.41, 5.74) is 0.778. The number of piperazine rings is 1. The number of carbonyl (C=O) groups is 2. The topological polar surface area (TPSA) is 58.6 Å². The van der Waals surface area contributed by atoms with Crippen LogP contribution in [0.2, 0.25) is 0 Å². The van der Waals surface area contributed by atoms with Gasteiger partial charge in [0.05, 0.1) is 19.6 Å². The lowest BCUT2D eigenvalue weighted by Gasteiger charge is -2.27.